The minimum atomic E-state index is -0.492. The predicted octanol–water partition coefficient (Wildman–Crippen LogP) is 2.13. The number of thiophene rings is 1. The van der Waals surface area contributed by atoms with E-state index in [1.54, 1.807) is 6.92 Å². The van der Waals surface area contributed by atoms with E-state index in [9.17, 15) is 10.2 Å². The van der Waals surface area contributed by atoms with Crippen LogP contribution in [0.4, 0.5) is 0 Å². The first-order valence-electron chi connectivity index (χ1n) is 12.3. The Hall–Kier alpha value is -2.69. The zero-order valence-corrected chi connectivity index (χ0v) is 22.7. The Bertz CT molecular complexity index is 1040. The van der Waals surface area contributed by atoms with E-state index in [1.807, 2.05) is 47.2 Å². The van der Waals surface area contributed by atoms with Crippen molar-refractivity contribution in [2.24, 2.45) is 0 Å². The zero-order chi connectivity index (χ0) is 26.3. The maximum Gasteiger partial charge on any atom is 0.337 e. The summed E-state index contributed by atoms with van der Waals surface area (Å²) in [6.07, 6.45) is 0. The fourth-order valence-electron chi connectivity index (χ4n) is 3.85. The lowest BCUT2D eigenvalue weighted by molar-refractivity contribution is -0.670. The van der Waals surface area contributed by atoms with Crippen molar-refractivity contribution in [2.75, 3.05) is 52.6 Å². The molecule has 8 nitrogen and oxygen atoms in total. The molecule has 1 aromatic heterocycles. The highest BCUT2D eigenvalue weighted by Gasteiger charge is 2.34. The quantitative estimate of drug-likeness (QED) is 0.235. The summed E-state index contributed by atoms with van der Waals surface area (Å²) in [5.41, 5.74) is 3.20. The second-order valence-corrected chi connectivity index (χ2v) is 9.60. The summed E-state index contributed by atoms with van der Waals surface area (Å²) in [7, 11) is 0. The molecule has 2 aromatic rings. The summed E-state index contributed by atoms with van der Waals surface area (Å²) in [5.74, 6) is 1.21. The van der Waals surface area contributed by atoms with Crippen molar-refractivity contribution in [2.45, 2.75) is 19.4 Å². The molecule has 37 heavy (non-hydrogen) atoms. The standard InChI is InChI=1S/C19H15N2O2S2.2C4H9NO/c1-12-16(19(22)23-10-13-5-3-2-4-6-13)17(14-7-8-25-11-14)15(9-20)18(24)21-12;2*1-3-6-4-2-5-1/h2-8,11,17H,10H2,1H3,(H,21,24);2*5H,1-4H2/q-1;;/p+1. The minimum Gasteiger partial charge on any atom is -0.763 e. The van der Waals surface area contributed by atoms with E-state index in [2.05, 4.69) is 21.8 Å². The Kier molecular flexibility index (Phi) is 12.7. The summed E-state index contributed by atoms with van der Waals surface area (Å²) < 4.78 is 15.5. The number of thiocarbonyl (C=S) groups is 1. The number of nitrogens with one attached hydrogen (secondary N) is 2. The molecule has 2 saturated heterocycles. The van der Waals surface area contributed by atoms with Crippen molar-refractivity contribution in [3.05, 3.63) is 80.5 Å². The molecule has 0 amide bonds. The molecular formula is C27H34N4O4S2. The maximum atomic E-state index is 12.8. The van der Waals surface area contributed by atoms with E-state index in [4.69, 9.17) is 26.4 Å². The van der Waals surface area contributed by atoms with Crippen LogP contribution >= 0.6 is 23.6 Å². The number of esters is 1. The molecule has 2 fully saturated rings. The fourth-order valence-corrected chi connectivity index (χ4v) is 4.85. The van der Waals surface area contributed by atoms with Gasteiger partial charge in [0.15, 0.2) is 0 Å². The number of morpholine rings is 2. The van der Waals surface area contributed by atoms with Crippen LogP contribution in [0, 0.1) is 0 Å². The van der Waals surface area contributed by atoms with Gasteiger partial charge in [0, 0.05) is 24.4 Å². The monoisotopic (exact) mass is 542 g/mol. The van der Waals surface area contributed by atoms with Crippen LogP contribution in [0.15, 0.2) is 64.0 Å². The van der Waals surface area contributed by atoms with E-state index >= 15 is 0 Å². The lowest BCUT2D eigenvalue weighted by Crippen LogP contribution is -2.87. The molecule has 1 atom stereocenters. The summed E-state index contributed by atoms with van der Waals surface area (Å²) in [5, 5.41) is 21.8. The number of carbonyl (C=O) groups excluding carboxylic acids is 1. The van der Waals surface area contributed by atoms with Crippen molar-refractivity contribution in [1.82, 2.24) is 10.6 Å². The van der Waals surface area contributed by atoms with Gasteiger partial charge in [0.05, 0.1) is 51.0 Å². The van der Waals surface area contributed by atoms with Crippen LogP contribution in [0.25, 0.3) is 5.41 Å². The summed E-state index contributed by atoms with van der Waals surface area (Å²) in [6, 6.07) is 11.4. The summed E-state index contributed by atoms with van der Waals surface area (Å²) in [6.45, 7) is 9.98. The molecule has 1 unspecified atom stereocenters. The first-order chi connectivity index (χ1) is 18.1. The average molecular weight is 543 g/mol. The third-order valence-corrected chi connectivity index (χ3v) is 6.76. The third-order valence-electron chi connectivity index (χ3n) is 5.74. The van der Waals surface area contributed by atoms with Gasteiger partial charge < -0.3 is 35.6 Å². The van der Waals surface area contributed by atoms with Gasteiger partial charge in [0.2, 0.25) is 0 Å². The number of nitrogens with zero attached hydrogens (tertiary/aromatic N) is 1. The van der Waals surface area contributed by atoms with E-state index in [1.165, 1.54) is 11.3 Å². The van der Waals surface area contributed by atoms with Gasteiger partial charge in [-0.25, -0.2) is 4.79 Å². The van der Waals surface area contributed by atoms with Crippen LogP contribution in [0.1, 0.15) is 24.0 Å². The Morgan fingerprint density at radius 2 is 1.86 bits per heavy atom. The lowest BCUT2D eigenvalue weighted by Gasteiger charge is -2.29. The Morgan fingerprint density at radius 1 is 1.16 bits per heavy atom. The third kappa shape index (κ3) is 9.28. The second-order valence-electron chi connectivity index (χ2n) is 8.41. The highest BCUT2D eigenvalue weighted by atomic mass is 32.1. The molecule has 10 heteroatoms. The second kappa shape index (κ2) is 16.2. The molecule has 5 rings (SSSR count). The average Bonchev–Trinajstić information content (AvgIpc) is 3.49. The van der Waals surface area contributed by atoms with Gasteiger partial charge in [0.25, 0.3) is 0 Å². The molecule has 1 aromatic carbocycles. The smallest absolute Gasteiger partial charge is 0.337 e. The SMILES string of the molecule is C1COCCN1.C1COCC[NH2+]1.CC1=C(C(=O)OCc2ccccc2)C(c2ccsc2)C(=C=[N-])C(=S)N1. The Morgan fingerprint density at radius 3 is 2.35 bits per heavy atom. The van der Waals surface area contributed by atoms with Crippen molar-refractivity contribution in [1.29, 1.82) is 0 Å². The Balaban J connectivity index is 0.000000257. The number of rotatable bonds is 4. The molecule has 0 bridgehead atoms. The molecule has 0 saturated carbocycles. The van der Waals surface area contributed by atoms with Gasteiger partial charge in [-0.05, 0) is 34.9 Å². The van der Waals surface area contributed by atoms with Gasteiger partial charge in [-0.1, -0.05) is 42.5 Å². The highest BCUT2D eigenvalue weighted by molar-refractivity contribution is 7.80. The Labute approximate surface area is 227 Å². The largest absolute Gasteiger partial charge is 0.763 e. The van der Waals surface area contributed by atoms with Crippen molar-refractivity contribution >= 4 is 40.4 Å². The van der Waals surface area contributed by atoms with Crippen molar-refractivity contribution in [3.8, 4) is 0 Å². The van der Waals surface area contributed by atoms with E-state index < -0.39 is 11.9 Å². The van der Waals surface area contributed by atoms with Gasteiger partial charge >= 0.3 is 5.97 Å². The van der Waals surface area contributed by atoms with E-state index in [-0.39, 0.29) is 6.61 Å². The van der Waals surface area contributed by atoms with Crippen LogP contribution in [0.2, 0.25) is 0 Å². The van der Waals surface area contributed by atoms with Gasteiger partial charge in [-0.15, -0.1) is 0 Å². The maximum absolute atomic E-state index is 12.8. The van der Waals surface area contributed by atoms with Crippen LogP contribution in [0.5, 0.6) is 0 Å². The predicted molar refractivity (Wildman–Crippen MR) is 150 cm³/mol. The molecule has 0 aliphatic carbocycles. The number of hydrogen-bond donors (Lipinski definition) is 3. The number of benzene rings is 1. The fraction of sp³-hybridized carbons (Fsp3) is 0.407. The number of hydrogen-bond acceptors (Lipinski definition) is 7. The molecule has 4 heterocycles. The number of carbonyl (C=O) groups is 1. The van der Waals surface area contributed by atoms with Crippen LogP contribution in [-0.4, -0.2) is 69.4 Å². The number of quaternary nitrogens is 1. The molecule has 0 spiro atoms. The normalized spacial score (nSPS) is 19.3. The molecule has 4 N–H and O–H groups in total. The number of allylic oxidation sites excluding steroid dienone is 1. The van der Waals surface area contributed by atoms with Crippen LogP contribution in [-0.2, 0) is 25.6 Å². The summed E-state index contributed by atoms with van der Waals surface area (Å²) in [4.78, 5) is 13.1. The van der Waals surface area contributed by atoms with E-state index in [0.29, 0.717) is 21.8 Å². The first kappa shape index (κ1) is 28.9. The zero-order valence-electron chi connectivity index (χ0n) is 21.0. The van der Waals surface area contributed by atoms with Crippen molar-refractivity contribution < 1.29 is 24.3 Å². The van der Waals surface area contributed by atoms with E-state index in [0.717, 1.165) is 63.7 Å². The highest BCUT2D eigenvalue weighted by Crippen LogP contribution is 2.37. The molecule has 198 valence electrons. The van der Waals surface area contributed by atoms with Gasteiger partial charge in [-0.3, -0.25) is 5.87 Å². The minimum absolute atomic E-state index is 0.180. The first-order valence-corrected chi connectivity index (χ1v) is 13.7. The molecule has 3 aliphatic rings. The van der Waals surface area contributed by atoms with Gasteiger partial charge in [0.1, 0.15) is 11.6 Å². The lowest BCUT2D eigenvalue weighted by atomic mass is 9.83. The number of nitrogens with two attached hydrogens (primary N) is 1. The summed E-state index contributed by atoms with van der Waals surface area (Å²) >= 11 is 6.79. The van der Waals surface area contributed by atoms with Crippen LogP contribution < -0.4 is 16.0 Å². The van der Waals surface area contributed by atoms with Crippen molar-refractivity contribution in [3.63, 3.8) is 0 Å². The molecular weight excluding hydrogens is 508 g/mol. The van der Waals surface area contributed by atoms with Crippen LogP contribution in [0.3, 0.4) is 0 Å². The number of ether oxygens (including phenoxy) is 3. The molecule has 0 radical (unpaired) electrons. The molecule has 3 aliphatic heterocycles. The van der Waals surface area contributed by atoms with Gasteiger partial charge in [-0.2, -0.15) is 11.3 Å². The topological polar surface area (TPSA) is 108 Å².